The van der Waals surface area contributed by atoms with E-state index in [-0.39, 0.29) is 5.88 Å². The van der Waals surface area contributed by atoms with Crippen LogP contribution in [0.1, 0.15) is 0 Å². The van der Waals surface area contributed by atoms with Gasteiger partial charge >= 0.3 is 10.1 Å². The number of rotatable bonds is 3. The first-order valence-corrected chi connectivity index (χ1v) is 6.22. The highest BCUT2D eigenvalue weighted by Gasteiger charge is 2.17. The summed E-state index contributed by atoms with van der Waals surface area (Å²) in [6.45, 7) is 0. The van der Waals surface area contributed by atoms with Gasteiger partial charge in [0.2, 0.25) is 0 Å². The van der Waals surface area contributed by atoms with Crippen molar-refractivity contribution >= 4 is 21.0 Å². The lowest BCUT2D eigenvalue weighted by molar-refractivity contribution is -0.734. The molecule has 2 rings (SSSR count). The maximum atomic E-state index is 11.2. The molecule has 0 N–H and O–H groups in total. The monoisotopic (exact) mass is 239 g/mol. The first-order chi connectivity index (χ1) is 7.61. The van der Waals surface area contributed by atoms with E-state index < -0.39 is 10.1 Å². The molecule has 84 valence electrons. The number of aromatic nitrogens is 2. The Labute approximate surface area is 93.4 Å². The third-order valence-electron chi connectivity index (χ3n) is 2.14. The normalized spacial score (nSPS) is 11.8. The van der Waals surface area contributed by atoms with Crippen molar-refractivity contribution in [2.75, 3.05) is 7.11 Å². The van der Waals surface area contributed by atoms with E-state index >= 15 is 0 Å². The van der Waals surface area contributed by atoms with Gasteiger partial charge in [-0.05, 0) is 6.07 Å². The van der Waals surface area contributed by atoms with E-state index in [1.807, 2.05) is 30.3 Å². The average molecular weight is 239 g/mol. The van der Waals surface area contributed by atoms with Crippen molar-refractivity contribution in [1.82, 2.24) is 5.10 Å². The van der Waals surface area contributed by atoms with Crippen LogP contribution < -0.4 is 4.68 Å². The highest BCUT2D eigenvalue weighted by molar-refractivity contribution is 7.85. The lowest BCUT2D eigenvalue weighted by Crippen LogP contribution is -2.41. The van der Waals surface area contributed by atoms with E-state index in [2.05, 4.69) is 9.28 Å². The van der Waals surface area contributed by atoms with Crippen LogP contribution in [0.25, 0.3) is 10.9 Å². The Morgan fingerprint density at radius 3 is 2.81 bits per heavy atom. The molecule has 0 aliphatic heterocycles. The Hall–Kier alpha value is -1.53. The lowest BCUT2D eigenvalue weighted by Gasteiger charge is -1.97. The van der Waals surface area contributed by atoms with Gasteiger partial charge in [0.15, 0.2) is 6.20 Å². The first kappa shape index (κ1) is 11.0. The summed E-state index contributed by atoms with van der Waals surface area (Å²) in [6, 6.07) is 9.31. The summed E-state index contributed by atoms with van der Waals surface area (Å²) in [6.07, 6.45) is 1.61. The summed E-state index contributed by atoms with van der Waals surface area (Å²) in [7, 11) is -2.40. The van der Waals surface area contributed by atoms with Gasteiger partial charge in [0, 0.05) is 16.6 Å². The molecule has 0 saturated carbocycles. The molecule has 1 aromatic carbocycles. The van der Waals surface area contributed by atoms with Crippen molar-refractivity contribution in [3.63, 3.8) is 0 Å². The summed E-state index contributed by atoms with van der Waals surface area (Å²) in [4.78, 5) is 0. The van der Waals surface area contributed by atoms with Gasteiger partial charge in [0.25, 0.3) is 5.88 Å². The van der Waals surface area contributed by atoms with Crippen LogP contribution in [0.2, 0.25) is 0 Å². The van der Waals surface area contributed by atoms with Crippen LogP contribution in [0.5, 0.6) is 0 Å². The van der Waals surface area contributed by atoms with E-state index in [0.717, 1.165) is 18.0 Å². The van der Waals surface area contributed by atoms with Crippen LogP contribution in [0.3, 0.4) is 0 Å². The van der Waals surface area contributed by atoms with E-state index in [1.165, 1.54) is 4.68 Å². The van der Waals surface area contributed by atoms with E-state index in [4.69, 9.17) is 0 Å². The summed E-state index contributed by atoms with van der Waals surface area (Å²) in [5.41, 5.74) is 0.747. The molecule has 0 unspecified atom stereocenters. The molecule has 5 nitrogen and oxygen atoms in total. The van der Waals surface area contributed by atoms with Gasteiger partial charge < -0.3 is 0 Å². The minimum Gasteiger partial charge on any atom is -0.269 e. The van der Waals surface area contributed by atoms with Crippen LogP contribution in [-0.4, -0.2) is 20.6 Å². The molecular weight excluding hydrogens is 228 g/mol. The SMILES string of the molecule is COS(=O)(=O)C[n+]1ccc2ccccc2n1. The molecular formula is C10H11N2O3S+. The molecule has 0 radical (unpaired) electrons. The Kier molecular flexibility index (Phi) is 2.84. The topological polar surface area (TPSA) is 60.1 Å². The second-order valence-electron chi connectivity index (χ2n) is 3.27. The van der Waals surface area contributed by atoms with Crippen molar-refractivity contribution in [1.29, 1.82) is 0 Å². The number of benzene rings is 1. The summed E-state index contributed by atoms with van der Waals surface area (Å²) in [5, 5.41) is 5.13. The van der Waals surface area contributed by atoms with Crippen molar-refractivity contribution in [2.24, 2.45) is 0 Å². The van der Waals surface area contributed by atoms with E-state index in [0.29, 0.717) is 0 Å². The zero-order valence-electron chi connectivity index (χ0n) is 8.70. The van der Waals surface area contributed by atoms with Crippen LogP contribution in [0.15, 0.2) is 36.5 Å². The third kappa shape index (κ3) is 2.34. The maximum absolute atomic E-state index is 11.2. The molecule has 0 spiro atoms. The number of fused-ring (bicyclic) bond motifs is 1. The van der Waals surface area contributed by atoms with Gasteiger partial charge in [-0.2, -0.15) is 8.42 Å². The van der Waals surface area contributed by atoms with Crippen molar-refractivity contribution in [2.45, 2.75) is 5.88 Å². The zero-order valence-corrected chi connectivity index (χ0v) is 9.52. The largest absolute Gasteiger partial charge is 0.331 e. The fourth-order valence-corrected chi connectivity index (χ4v) is 1.92. The van der Waals surface area contributed by atoms with E-state index in [1.54, 1.807) is 6.20 Å². The summed E-state index contributed by atoms with van der Waals surface area (Å²) >= 11 is 0. The molecule has 0 fully saturated rings. The highest BCUT2D eigenvalue weighted by atomic mass is 32.2. The zero-order chi connectivity index (χ0) is 11.6. The molecule has 6 heteroatoms. The quantitative estimate of drug-likeness (QED) is 0.576. The first-order valence-electron chi connectivity index (χ1n) is 4.64. The Balaban J connectivity index is 2.40. The molecule has 0 aliphatic rings. The molecule has 1 aromatic heterocycles. The van der Waals surface area contributed by atoms with Gasteiger partial charge in [0.1, 0.15) is 5.52 Å². The van der Waals surface area contributed by atoms with E-state index in [9.17, 15) is 8.42 Å². The Morgan fingerprint density at radius 2 is 2.06 bits per heavy atom. The summed E-state index contributed by atoms with van der Waals surface area (Å²) < 4.78 is 28.1. The Bertz CT molecular complexity index is 610. The maximum Gasteiger partial charge on any atom is 0.331 e. The highest BCUT2D eigenvalue weighted by Crippen LogP contribution is 2.06. The van der Waals surface area contributed by atoms with Gasteiger partial charge in [-0.15, -0.1) is 0 Å². The third-order valence-corrected chi connectivity index (χ3v) is 3.23. The van der Waals surface area contributed by atoms with Gasteiger partial charge in [0.05, 0.1) is 7.11 Å². The summed E-state index contributed by atoms with van der Waals surface area (Å²) in [5.74, 6) is -0.283. The van der Waals surface area contributed by atoms with Crippen LogP contribution in [0.4, 0.5) is 0 Å². The second kappa shape index (κ2) is 4.15. The fourth-order valence-electron chi connectivity index (χ4n) is 1.34. The van der Waals surface area contributed by atoms with Gasteiger partial charge in [-0.3, -0.25) is 4.18 Å². The predicted octanol–water partition coefficient (Wildman–Crippen LogP) is 0.456. The smallest absolute Gasteiger partial charge is 0.269 e. The average Bonchev–Trinajstić information content (AvgIpc) is 2.28. The Morgan fingerprint density at radius 1 is 1.31 bits per heavy atom. The van der Waals surface area contributed by atoms with Crippen LogP contribution in [-0.2, 0) is 20.2 Å². The second-order valence-corrected chi connectivity index (χ2v) is 4.97. The number of hydrogen-bond donors (Lipinski definition) is 0. The number of hydrogen-bond acceptors (Lipinski definition) is 4. The number of nitrogens with zero attached hydrogens (tertiary/aromatic N) is 2. The minimum absolute atomic E-state index is 0.283. The van der Waals surface area contributed by atoms with Crippen molar-refractivity contribution in [3.8, 4) is 0 Å². The molecule has 0 aliphatic carbocycles. The molecule has 0 amide bonds. The van der Waals surface area contributed by atoms with Crippen molar-refractivity contribution in [3.05, 3.63) is 36.5 Å². The standard InChI is InChI=1S/C10H11N2O3S/c1-15-16(13,14)8-12-7-6-9-4-2-3-5-10(9)11-12/h2-7H,8H2,1H3/q+1. The molecule has 2 aromatic rings. The molecule has 1 heterocycles. The van der Waals surface area contributed by atoms with Crippen LogP contribution >= 0.6 is 0 Å². The molecule has 16 heavy (non-hydrogen) atoms. The van der Waals surface area contributed by atoms with Crippen LogP contribution in [0, 0.1) is 0 Å². The molecule has 0 atom stereocenters. The molecule has 0 bridgehead atoms. The fraction of sp³-hybridized carbons (Fsp3) is 0.200. The van der Waals surface area contributed by atoms with Crippen molar-refractivity contribution < 1.29 is 17.3 Å². The van der Waals surface area contributed by atoms with Gasteiger partial charge in [-0.1, -0.05) is 22.9 Å². The molecule has 0 saturated heterocycles. The minimum atomic E-state index is -3.54. The van der Waals surface area contributed by atoms with Gasteiger partial charge in [-0.25, -0.2) is 0 Å². The lowest BCUT2D eigenvalue weighted by atomic mass is 10.2. The predicted molar refractivity (Wildman–Crippen MR) is 57.9 cm³/mol.